The van der Waals surface area contributed by atoms with Crippen LogP contribution in [0.4, 0.5) is 10.5 Å². The Bertz CT molecular complexity index is 799. The summed E-state index contributed by atoms with van der Waals surface area (Å²) in [6, 6.07) is 10.1. The Morgan fingerprint density at radius 3 is 2.44 bits per heavy atom. The highest BCUT2D eigenvalue weighted by molar-refractivity contribution is 5.89. The van der Waals surface area contributed by atoms with Crippen LogP contribution in [0.5, 0.6) is 0 Å². The second kappa shape index (κ2) is 7.55. The number of urea groups is 1. The third kappa shape index (κ3) is 4.10. The summed E-state index contributed by atoms with van der Waals surface area (Å²) in [6.45, 7) is 2.45. The lowest BCUT2D eigenvalue weighted by Crippen LogP contribution is -2.35. The lowest BCUT2D eigenvalue weighted by atomic mass is 10.00. The van der Waals surface area contributed by atoms with E-state index in [1.54, 1.807) is 13.2 Å². The molecule has 0 saturated heterocycles. The summed E-state index contributed by atoms with van der Waals surface area (Å²) >= 11 is 0. The van der Waals surface area contributed by atoms with Crippen LogP contribution in [-0.4, -0.2) is 17.1 Å². The van der Waals surface area contributed by atoms with E-state index in [4.69, 9.17) is 0 Å². The SMILES string of the molecule is Cc1ccn(C)c(=O)c1NC(=O)NCC1CCc2ccccc2CC1. The molecule has 0 atom stereocenters. The average molecular weight is 339 g/mol. The number of hydrogen-bond acceptors (Lipinski definition) is 2. The number of aryl methyl sites for hydroxylation is 4. The first-order valence-electron chi connectivity index (χ1n) is 8.82. The Hall–Kier alpha value is -2.56. The minimum atomic E-state index is -0.312. The van der Waals surface area contributed by atoms with Gasteiger partial charge in [0.25, 0.3) is 5.56 Å². The molecule has 3 rings (SSSR count). The summed E-state index contributed by atoms with van der Waals surface area (Å²) in [7, 11) is 1.67. The molecule has 0 saturated carbocycles. The van der Waals surface area contributed by atoms with E-state index in [9.17, 15) is 9.59 Å². The van der Waals surface area contributed by atoms with E-state index in [1.807, 2.05) is 13.0 Å². The van der Waals surface area contributed by atoms with Crippen molar-refractivity contribution in [1.29, 1.82) is 0 Å². The van der Waals surface area contributed by atoms with Crippen LogP contribution in [0.15, 0.2) is 41.3 Å². The summed E-state index contributed by atoms with van der Waals surface area (Å²) < 4.78 is 1.46. The van der Waals surface area contributed by atoms with Gasteiger partial charge in [-0.3, -0.25) is 4.79 Å². The highest BCUT2D eigenvalue weighted by atomic mass is 16.2. The number of carbonyl (C=O) groups is 1. The zero-order valence-electron chi connectivity index (χ0n) is 14.8. The van der Waals surface area contributed by atoms with Crippen molar-refractivity contribution in [2.24, 2.45) is 13.0 Å². The second-order valence-corrected chi connectivity index (χ2v) is 6.84. The van der Waals surface area contributed by atoms with Crippen LogP contribution in [0.25, 0.3) is 0 Å². The molecule has 25 heavy (non-hydrogen) atoms. The molecule has 1 aromatic carbocycles. The molecule has 0 radical (unpaired) electrons. The highest BCUT2D eigenvalue weighted by Crippen LogP contribution is 2.24. The maximum Gasteiger partial charge on any atom is 0.319 e. The molecule has 5 heteroatoms. The minimum absolute atomic E-state index is 0.194. The molecular formula is C20H25N3O2. The predicted octanol–water partition coefficient (Wildman–Crippen LogP) is 3.01. The lowest BCUT2D eigenvalue weighted by Gasteiger charge is -2.16. The Kier molecular flexibility index (Phi) is 5.22. The van der Waals surface area contributed by atoms with E-state index in [0.29, 0.717) is 18.2 Å². The molecule has 132 valence electrons. The second-order valence-electron chi connectivity index (χ2n) is 6.84. The van der Waals surface area contributed by atoms with Gasteiger partial charge in [-0.1, -0.05) is 24.3 Å². The van der Waals surface area contributed by atoms with Gasteiger partial charge in [-0.15, -0.1) is 0 Å². The molecule has 1 aliphatic rings. The highest BCUT2D eigenvalue weighted by Gasteiger charge is 2.17. The average Bonchev–Trinajstić information content (AvgIpc) is 2.83. The summed E-state index contributed by atoms with van der Waals surface area (Å²) in [5, 5.41) is 5.64. The Labute approximate surface area is 148 Å². The Morgan fingerprint density at radius 1 is 1.16 bits per heavy atom. The summed E-state index contributed by atoms with van der Waals surface area (Å²) in [6.07, 6.45) is 5.96. The van der Waals surface area contributed by atoms with Gasteiger partial charge in [-0.2, -0.15) is 0 Å². The maximum absolute atomic E-state index is 12.2. The summed E-state index contributed by atoms with van der Waals surface area (Å²) in [5.41, 5.74) is 3.77. The van der Waals surface area contributed by atoms with Gasteiger partial charge in [0.05, 0.1) is 0 Å². The number of nitrogens with one attached hydrogen (secondary N) is 2. The normalized spacial score (nSPS) is 14.5. The fourth-order valence-electron chi connectivity index (χ4n) is 3.38. The van der Waals surface area contributed by atoms with E-state index < -0.39 is 0 Å². The van der Waals surface area contributed by atoms with Gasteiger partial charge in [0.1, 0.15) is 5.69 Å². The molecule has 1 aliphatic carbocycles. The third-order valence-corrected chi connectivity index (χ3v) is 5.03. The number of nitrogens with zero attached hydrogens (tertiary/aromatic N) is 1. The molecule has 2 N–H and O–H groups in total. The molecule has 1 aromatic heterocycles. The van der Waals surface area contributed by atoms with Gasteiger partial charge in [0, 0.05) is 19.8 Å². The van der Waals surface area contributed by atoms with Gasteiger partial charge in [-0.25, -0.2) is 4.79 Å². The van der Waals surface area contributed by atoms with Crippen LogP contribution in [0, 0.1) is 12.8 Å². The number of aromatic nitrogens is 1. The van der Waals surface area contributed by atoms with E-state index >= 15 is 0 Å². The van der Waals surface area contributed by atoms with Crippen LogP contribution in [0.2, 0.25) is 0 Å². The smallest absolute Gasteiger partial charge is 0.319 e. The van der Waals surface area contributed by atoms with Gasteiger partial charge in [-0.05, 0) is 61.3 Å². The minimum Gasteiger partial charge on any atom is -0.338 e. The number of fused-ring (bicyclic) bond motifs is 1. The molecule has 2 amide bonds. The van der Waals surface area contributed by atoms with E-state index in [0.717, 1.165) is 31.2 Å². The molecule has 2 aromatic rings. The molecule has 0 fully saturated rings. The van der Waals surface area contributed by atoms with Gasteiger partial charge < -0.3 is 15.2 Å². The number of rotatable bonds is 3. The van der Waals surface area contributed by atoms with Gasteiger partial charge in [0.2, 0.25) is 0 Å². The zero-order valence-corrected chi connectivity index (χ0v) is 14.8. The predicted molar refractivity (Wildman–Crippen MR) is 100 cm³/mol. The van der Waals surface area contributed by atoms with Crippen molar-refractivity contribution in [3.63, 3.8) is 0 Å². The third-order valence-electron chi connectivity index (χ3n) is 5.03. The van der Waals surface area contributed by atoms with Gasteiger partial charge in [0.15, 0.2) is 0 Å². The Balaban J connectivity index is 1.55. The molecule has 1 heterocycles. The number of benzene rings is 1. The largest absolute Gasteiger partial charge is 0.338 e. The standard InChI is InChI=1S/C20H25N3O2/c1-14-11-12-23(2)19(24)18(14)22-20(25)21-13-15-7-9-16-5-3-4-6-17(16)10-8-15/h3-6,11-12,15H,7-10,13H2,1-2H3,(H2,21,22,25). The van der Waals surface area contributed by atoms with Crippen molar-refractivity contribution in [2.45, 2.75) is 32.6 Å². The first-order chi connectivity index (χ1) is 12.0. The molecule has 5 nitrogen and oxygen atoms in total. The van der Waals surface area contributed by atoms with Crippen LogP contribution in [0.1, 0.15) is 29.5 Å². The van der Waals surface area contributed by atoms with E-state index in [2.05, 4.69) is 34.9 Å². The molecule has 0 bridgehead atoms. The monoisotopic (exact) mass is 339 g/mol. The topological polar surface area (TPSA) is 63.1 Å². The first-order valence-corrected chi connectivity index (χ1v) is 8.82. The first kappa shape index (κ1) is 17.3. The fraction of sp³-hybridized carbons (Fsp3) is 0.400. The van der Waals surface area contributed by atoms with Crippen molar-refractivity contribution in [2.75, 3.05) is 11.9 Å². The molecule has 0 aliphatic heterocycles. The number of hydrogen-bond donors (Lipinski definition) is 2. The quantitative estimate of drug-likeness (QED) is 0.845. The van der Waals surface area contributed by atoms with Crippen molar-refractivity contribution >= 4 is 11.7 Å². The number of carbonyl (C=O) groups excluding carboxylic acids is 1. The van der Waals surface area contributed by atoms with Crippen molar-refractivity contribution in [1.82, 2.24) is 9.88 Å². The van der Waals surface area contributed by atoms with Crippen LogP contribution in [-0.2, 0) is 19.9 Å². The number of anilines is 1. The summed E-state index contributed by atoms with van der Waals surface area (Å²) in [5.74, 6) is 0.456. The molecule has 0 unspecified atom stereocenters. The zero-order chi connectivity index (χ0) is 17.8. The molecular weight excluding hydrogens is 314 g/mol. The van der Waals surface area contributed by atoms with Crippen LogP contribution < -0.4 is 16.2 Å². The fourth-order valence-corrected chi connectivity index (χ4v) is 3.38. The van der Waals surface area contributed by atoms with Crippen molar-refractivity contribution in [3.8, 4) is 0 Å². The van der Waals surface area contributed by atoms with Gasteiger partial charge >= 0.3 is 6.03 Å². The number of amides is 2. The van der Waals surface area contributed by atoms with Crippen LogP contribution >= 0.6 is 0 Å². The van der Waals surface area contributed by atoms with Crippen molar-refractivity contribution < 1.29 is 4.79 Å². The van der Waals surface area contributed by atoms with Crippen LogP contribution in [0.3, 0.4) is 0 Å². The van der Waals surface area contributed by atoms with Crippen molar-refractivity contribution in [3.05, 3.63) is 63.6 Å². The number of pyridine rings is 1. The van der Waals surface area contributed by atoms with E-state index in [-0.39, 0.29) is 11.6 Å². The van der Waals surface area contributed by atoms with E-state index in [1.165, 1.54) is 15.7 Å². The maximum atomic E-state index is 12.2. The Morgan fingerprint density at radius 2 is 1.80 bits per heavy atom. The molecule has 0 spiro atoms. The lowest BCUT2D eigenvalue weighted by molar-refractivity contribution is 0.249. The summed E-state index contributed by atoms with van der Waals surface area (Å²) in [4.78, 5) is 24.3.